The van der Waals surface area contributed by atoms with Crippen molar-refractivity contribution in [2.24, 2.45) is 0 Å². The third kappa shape index (κ3) is 4.05. The van der Waals surface area contributed by atoms with Gasteiger partial charge in [0.05, 0.1) is 12.7 Å². The Morgan fingerprint density at radius 3 is 3.05 bits per heavy atom. The van der Waals surface area contributed by atoms with Gasteiger partial charge in [-0.3, -0.25) is 5.32 Å². The zero-order chi connectivity index (χ0) is 14.4. The molecule has 0 aromatic heterocycles. The lowest BCUT2D eigenvalue weighted by Crippen LogP contribution is -2.35. The molecule has 4 nitrogen and oxygen atoms in total. The van der Waals surface area contributed by atoms with Crippen LogP contribution in [-0.4, -0.2) is 31.8 Å². The number of carbonyl (C=O) groups is 1. The van der Waals surface area contributed by atoms with Crippen LogP contribution in [0.5, 0.6) is 0 Å². The monoisotopic (exact) mass is 277 g/mol. The van der Waals surface area contributed by atoms with E-state index in [1.54, 1.807) is 0 Å². The first-order valence-corrected chi connectivity index (χ1v) is 7.29. The molecule has 0 radical (unpaired) electrons. The van der Waals surface area contributed by atoms with E-state index in [4.69, 9.17) is 9.47 Å². The molecule has 2 rings (SSSR count). The highest BCUT2D eigenvalue weighted by Gasteiger charge is 2.24. The molecule has 0 saturated carbocycles. The van der Waals surface area contributed by atoms with Crippen molar-refractivity contribution in [1.29, 1.82) is 0 Å². The van der Waals surface area contributed by atoms with Gasteiger partial charge in [0, 0.05) is 13.2 Å². The molecule has 2 unspecified atom stereocenters. The van der Waals surface area contributed by atoms with Crippen molar-refractivity contribution in [3.05, 3.63) is 35.4 Å². The lowest BCUT2D eigenvalue weighted by molar-refractivity contribution is -0.146. The molecule has 1 heterocycles. The van der Waals surface area contributed by atoms with Crippen molar-refractivity contribution in [3.63, 3.8) is 0 Å². The maximum Gasteiger partial charge on any atom is 0.327 e. The van der Waals surface area contributed by atoms with Crippen LogP contribution in [0.25, 0.3) is 0 Å². The summed E-state index contributed by atoms with van der Waals surface area (Å²) in [5.74, 6) is -0.226. The molecular formula is C16H23NO3. The number of hydrogen-bond donors (Lipinski definition) is 1. The van der Waals surface area contributed by atoms with Crippen molar-refractivity contribution >= 4 is 5.97 Å². The van der Waals surface area contributed by atoms with Gasteiger partial charge in [-0.25, -0.2) is 4.79 Å². The van der Waals surface area contributed by atoms with Gasteiger partial charge in [0.15, 0.2) is 0 Å². The molecule has 1 N–H and O–H groups in total. The van der Waals surface area contributed by atoms with Gasteiger partial charge in [0.25, 0.3) is 0 Å². The van der Waals surface area contributed by atoms with E-state index in [0.29, 0.717) is 13.2 Å². The Morgan fingerprint density at radius 1 is 1.55 bits per heavy atom. The number of nitrogens with one attached hydrogen (secondary N) is 1. The van der Waals surface area contributed by atoms with E-state index in [-0.39, 0.29) is 12.1 Å². The number of hydrogen-bond acceptors (Lipinski definition) is 4. The highest BCUT2D eigenvalue weighted by molar-refractivity contribution is 5.77. The number of rotatable bonds is 6. The largest absolute Gasteiger partial charge is 0.465 e. The lowest BCUT2D eigenvalue weighted by atomic mass is 10.0. The molecule has 0 amide bonds. The van der Waals surface area contributed by atoms with Gasteiger partial charge < -0.3 is 9.47 Å². The highest BCUT2D eigenvalue weighted by atomic mass is 16.5. The Bertz CT molecular complexity index is 441. The molecule has 0 spiro atoms. The fourth-order valence-corrected chi connectivity index (χ4v) is 2.47. The van der Waals surface area contributed by atoms with Crippen LogP contribution in [0, 0.1) is 6.92 Å². The third-order valence-corrected chi connectivity index (χ3v) is 3.47. The predicted molar refractivity (Wildman–Crippen MR) is 77.5 cm³/mol. The average molecular weight is 277 g/mol. The Hall–Kier alpha value is -1.39. The molecule has 110 valence electrons. The number of aryl methyl sites for hydroxylation is 1. The number of benzene rings is 1. The van der Waals surface area contributed by atoms with Crippen molar-refractivity contribution in [2.45, 2.75) is 38.8 Å². The van der Waals surface area contributed by atoms with E-state index >= 15 is 0 Å². The normalized spacial score (nSPS) is 19.8. The van der Waals surface area contributed by atoms with E-state index in [1.165, 1.54) is 0 Å². The van der Waals surface area contributed by atoms with Gasteiger partial charge in [-0.05, 0) is 32.3 Å². The van der Waals surface area contributed by atoms with Gasteiger partial charge in [0.2, 0.25) is 0 Å². The summed E-state index contributed by atoms with van der Waals surface area (Å²) in [5, 5.41) is 3.29. The molecule has 0 aliphatic carbocycles. The molecule has 4 heteroatoms. The van der Waals surface area contributed by atoms with Crippen LogP contribution in [-0.2, 0) is 14.3 Å². The Kier molecular flexibility index (Phi) is 5.56. The number of carbonyl (C=O) groups excluding carboxylic acids is 1. The minimum atomic E-state index is -0.418. The van der Waals surface area contributed by atoms with E-state index < -0.39 is 6.04 Å². The zero-order valence-corrected chi connectivity index (χ0v) is 12.2. The fraction of sp³-hybridized carbons (Fsp3) is 0.562. The highest BCUT2D eigenvalue weighted by Crippen LogP contribution is 2.18. The summed E-state index contributed by atoms with van der Waals surface area (Å²) < 4.78 is 10.8. The van der Waals surface area contributed by atoms with Gasteiger partial charge in [0.1, 0.15) is 6.04 Å². The molecule has 1 aromatic carbocycles. The van der Waals surface area contributed by atoms with Crippen molar-refractivity contribution in [1.82, 2.24) is 5.32 Å². The third-order valence-electron chi connectivity index (χ3n) is 3.47. The second-order valence-corrected chi connectivity index (χ2v) is 5.14. The molecule has 1 fully saturated rings. The lowest BCUT2D eigenvalue weighted by Gasteiger charge is -2.20. The Balaban J connectivity index is 2.05. The van der Waals surface area contributed by atoms with Gasteiger partial charge >= 0.3 is 5.97 Å². The number of ether oxygens (including phenoxy) is 2. The quantitative estimate of drug-likeness (QED) is 0.811. The zero-order valence-electron chi connectivity index (χ0n) is 12.2. The van der Waals surface area contributed by atoms with Gasteiger partial charge in [-0.2, -0.15) is 0 Å². The van der Waals surface area contributed by atoms with Crippen LogP contribution in [0.4, 0.5) is 0 Å². The van der Waals surface area contributed by atoms with Crippen LogP contribution >= 0.6 is 0 Å². The molecule has 0 bridgehead atoms. The van der Waals surface area contributed by atoms with Crippen molar-refractivity contribution in [2.75, 3.05) is 19.8 Å². The van der Waals surface area contributed by atoms with Crippen LogP contribution in [0.2, 0.25) is 0 Å². The summed E-state index contributed by atoms with van der Waals surface area (Å²) in [4.78, 5) is 12.1. The summed E-state index contributed by atoms with van der Waals surface area (Å²) >= 11 is 0. The Labute approximate surface area is 120 Å². The summed E-state index contributed by atoms with van der Waals surface area (Å²) in [6, 6.07) is 7.54. The van der Waals surface area contributed by atoms with Gasteiger partial charge in [-0.1, -0.05) is 29.8 Å². The maximum atomic E-state index is 12.1. The first-order chi connectivity index (χ1) is 9.70. The molecule has 1 aromatic rings. The smallest absolute Gasteiger partial charge is 0.327 e. The molecule has 1 saturated heterocycles. The molecule has 1 aliphatic heterocycles. The Morgan fingerprint density at radius 2 is 2.40 bits per heavy atom. The van der Waals surface area contributed by atoms with E-state index in [0.717, 1.165) is 30.6 Å². The molecular weight excluding hydrogens is 254 g/mol. The second kappa shape index (κ2) is 7.41. The SMILES string of the molecule is CCOC(=O)C(NCC1CCCO1)c1cccc(C)c1. The summed E-state index contributed by atoms with van der Waals surface area (Å²) in [6.07, 6.45) is 2.36. The van der Waals surface area contributed by atoms with Gasteiger partial charge in [-0.15, -0.1) is 0 Å². The minimum absolute atomic E-state index is 0.205. The van der Waals surface area contributed by atoms with Crippen LogP contribution in [0.3, 0.4) is 0 Å². The van der Waals surface area contributed by atoms with E-state index in [9.17, 15) is 4.79 Å². The maximum absolute atomic E-state index is 12.1. The predicted octanol–water partition coefficient (Wildman–Crippen LogP) is 2.37. The number of esters is 1. The summed E-state index contributed by atoms with van der Waals surface area (Å²) in [5.41, 5.74) is 2.08. The molecule has 20 heavy (non-hydrogen) atoms. The molecule has 1 aliphatic rings. The first-order valence-electron chi connectivity index (χ1n) is 7.29. The minimum Gasteiger partial charge on any atom is -0.465 e. The fourth-order valence-electron chi connectivity index (χ4n) is 2.47. The van der Waals surface area contributed by atoms with Crippen molar-refractivity contribution in [3.8, 4) is 0 Å². The van der Waals surface area contributed by atoms with Crippen LogP contribution in [0.1, 0.15) is 36.9 Å². The van der Waals surface area contributed by atoms with Crippen molar-refractivity contribution < 1.29 is 14.3 Å². The van der Waals surface area contributed by atoms with E-state index in [2.05, 4.69) is 5.32 Å². The second-order valence-electron chi connectivity index (χ2n) is 5.14. The topological polar surface area (TPSA) is 47.6 Å². The van der Waals surface area contributed by atoms with E-state index in [1.807, 2.05) is 38.1 Å². The van der Waals surface area contributed by atoms with Crippen LogP contribution < -0.4 is 5.32 Å². The standard InChI is InChI=1S/C16H23NO3/c1-3-19-16(18)15(13-7-4-6-12(2)10-13)17-11-14-8-5-9-20-14/h4,6-7,10,14-15,17H,3,5,8-9,11H2,1-2H3. The summed E-state index contributed by atoms with van der Waals surface area (Å²) in [6.45, 7) is 5.73. The molecule has 2 atom stereocenters. The summed E-state index contributed by atoms with van der Waals surface area (Å²) in [7, 11) is 0. The first kappa shape index (κ1) is 15.0. The average Bonchev–Trinajstić information content (AvgIpc) is 2.92. The van der Waals surface area contributed by atoms with Crippen LogP contribution in [0.15, 0.2) is 24.3 Å².